The smallest absolute Gasteiger partial charge is 0.220 e. The first kappa shape index (κ1) is 50.9. The van der Waals surface area contributed by atoms with Crippen molar-refractivity contribution in [2.24, 2.45) is 0 Å². The Kier molecular flexibility index (Phi) is 27.9. The molecule has 14 heteroatoms. The molecule has 0 aromatic heterocycles. The van der Waals surface area contributed by atoms with Crippen molar-refractivity contribution >= 4 is 5.91 Å². The molecule has 2 fully saturated rings. The summed E-state index contributed by atoms with van der Waals surface area (Å²) in [7, 11) is 0. The van der Waals surface area contributed by atoms with E-state index in [9.17, 15) is 45.6 Å². The van der Waals surface area contributed by atoms with Gasteiger partial charge in [0.05, 0.1) is 32.0 Å². The number of nitrogens with one attached hydrogen (secondary N) is 1. The van der Waals surface area contributed by atoms with Gasteiger partial charge in [-0.15, -0.1) is 0 Å². The van der Waals surface area contributed by atoms with E-state index in [1.807, 2.05) is 0 Å². The molecule has 2 rings (SSSR count). The first-order valence-electron chi connectivity index (χ1n) is 21.9. The van der Waals surface area contributed by atoms with E-state index in [1.165, 1.54) is 57.8 Å². The Morgan fingerprint density at radius 2 is 1.12 bits per heavy atom. The highest BCUT2D eigenvalue weighted by Crippen LogP contribution is 2.30. The van der Waals surface area contributed by atoms with Crippen LogP contribution in [-0.2, 0) is 23.7 Å². The minimum atomic E-state index is -1.78. The number of hydrogen-bond donors (Lipinski definition) is 9. The maximum Gasteiger partial charge on any atom is 0.220 e. The zero-order valence-electron chi connectivity index (χ0n) is 34.4. The fourth-order valence-corrected chi connectivity index (χ4v) is 7.29. The molecular formula is C42H79NO13. The first-order valence-corrected chi connectivity index (χ1v) is 21.9. The van der Waals surface area contributed by atoms with Gasteiger partial charge in [0.2, 0.25) is 5.91 Å². The summed E-state index contributed by atoms with van der Waals surface area (Å²) in [5.41, 5.74) is 0. The number of rotatable bonds is 32. The number of ether oxygens (including phenoxy) is 4. The lowest BCUT2D eigenvalue weighted by atomic mass is 9.97. The molecule has 12 unspecified atom stereocenters. The van der Waals surface area contributed by atoms with Crippen LogP contribution in [0.25, 0.3) is 0 Å². The molecule has 0 aliphatic carbocycles. The number of unbranched alkanes of at least 4 members (excludes halogenated alkanes) is 17. The molecule has 2 aliphatic rings. The van der Waals surface area contributed by atoms with E-state index in [0.29, 0.717) is 19.3 Å². The third-order valence-corrected chi connectivity index (χ3v) is 11.0. The Labute approximate surface area is 336 Å². The van der Waals surface area contributed by atoms with Crippen LogP contribution in [0.4, 0.5) is 0 Å². The molecule has 0 bridgehead atoms. The van der Waals surface area contributed by atoms with Gasteiger partial charge >= 0.3 is 0 Å². The first-order chi connectivity index (χ1) is 27.1. The van der Waals surface area contributed by atoms with Crippen LogP contribution in [0.15, 0.2) is 12.2 Å². The predicted molar refractivity (Wildman–Crippen MR) is 212 cm³/mol. The topological polar surface area (TPSA) is 228 Å². The van der Waals surface area contributed by atoms with E-state index in [1.54, 1.807) is 0 Å². The molecule has 0 radical (unpaired) electrons. The Morgan fingerprint density at radius 3 is 1.71 bits per heavy atom. The lowest BCUT2D eigenvalue weighted by Crippen LogP contribution is -2.65. The van der Waals surface area contributed by atoms with E-state index in [0.717, 1.165) is 64.2 Å². The molecule has 0 spiro atoms. The van der Waals surface area contributed by atoms with Crippen LogP contribution in [-0.4, -0.2) is 140 Å². The SMILES string of the molecule is CCCCCC/C=C\CCCCCCCC(=O)NC(COC1OC(CO)C(OC2OC(CO)C(O)C(O)C2O)C(O)C1O)C(O)CCCCCCCCCCC. The molecular weight excluding hydrogens is 726 g/mol. The standard InChI is InChI=1S/C42H79NO13/c1-3-5-7-9-11-13-14-15-16-18-20-22-24-26-34(47)43-30(31(46)25-23-21-19-17-12-10-8-6-4-2)29-53-41-39(52)37(50)40(33(28-45)55-41)56-42-38(51)36(49)35(48)32(27-44)54-42/h13-14,30-33,35-42,44-46,48-52H,3-12,15-29H2,1-2H3,(H,43,47)/b14-13-. The molecule has 2 saturated heterocycles. The van der Waals surface area contributed by atoms with Crippen LogP contribution < -0.4 is 5.32 Å². The average molecular weight is 806 g/mol. The minimum absolute atomic E-state index is 0.220. The second-order valence-electron chi connectivity index (χ2n) is 15.8. The second-order valence-corrected chi connectivity index (χ2v) is 15.8. The molecule has 12 atom stereocenters. The molecule has 0 aromatic carbocycles. The van der Waals surface area contributed by atoms with Crippen molar-refractivity contribution in [1.29, 1.82) is 0 Å². The van der Waals surface area contributed by atoms with Crippen LogP contribution >= 0.6 is 0 Å². The number of allylic oxidation sites excluding steroid dienone is 2. The van der Waals surface area contributed by atoms with Gasteiger partial charge in [0.25, 0.3) is 0 Å². The van der Waals surface area contributed by atoms with Gasteiger partial charge in [0.15, 0.2) is 12.6 Å². The van der Waals surface area contributed by atoms with Crippen LogP contribution in [0.1, 0.15) is 155 Å². The molecule has 9 N–H and O–H groups in total. The van der Waals surface area contributed by atoms with Crippen LogP contribution in [0.2, 0.25) is 0 Å². The number of amides is 1. The lowest BCUT2D eigenvalue weighted by Gasteiger charge is -2.46. The van der Waals surface area contributed by atoms with Crippen molar-refractivity contribution in [3.05, 3.63) is 12.2 Å². The normalized spacial score (nSPS) is 29.5. The third kappa shape index (κ3) is 19.2. The summed E-state index contributed by atoms with van der Waals surface area (Å²) in [5, 5.41) is 86.3. The molecule has 0 aromatic rings. The van der Waals surface area contributed by atoms with Gasteiger partial charge < -0.3 is 65.1 Å². The summed E-state index contributed by atoms with van der Waals surface area (Å²) in [6, 6.07) is -0.825. The average Bonchev–Trinajstić information content (AvgIpc) is 3.19. The quantitative estimate of drug-likeness (QED) is 0.0350. The summed E-state index contributed by atoms with van der Waals surface area (Å²) in [5.74, 6) is -0.220. The van der Waals surface area contributed by atoms with Crippen LogP contribution in [0.3, 0.4) is 0 Å². The van der Waals surface area contributed by atoms with Crippen molar-refractivity contribution in [1.82, 2.24) is 5.32 Å². The monoisotopic (exact) mass is 806 g/mol. The van der Waals surface area contributed by atoms with Crippen molar-refractivity contribution in [2.75, 3.05) is 19.8 Å². The van der Waals surface area contributed by atoms with Gasteiger partial charge in [-0.2, -0.15) is 0 Å². The lowest BCUT2D eigenvalue weighted by molar-refractivity contribution is -0.359. The maximum atomic E-state index is 13.1. The fraction of sp³-hybridized carbons (Fsp3) is 0.929. The molecule has 0 saturated carbocycles. The number of carbonyl (C=O) groups is 1. The van der Waals surface area contributed by atoms with E-state index < -0.39 is 86.8 Å². The van der Waals surface area contributed by atoms with Crippen molar-refractivity contribution < 1.29 is 64.6 Å². The van der Waals surface area contributed by atoms with Gasteiger partial charge in [-0.25, -0.2) is 0 Å². The van der Waals surface area contributed by atoms with Gasteiger partial charge in [0, 0.05) is 6.42 Å². The number of hydrogen-bond acceptors (Lipinski definition) is 13. The van der Waals surface area contributed by atoms with Crippen molar-refractivity contribution in [3.63, 3.8) is 0 Å². The fourth-order valence-electron chi connectivity index (χ4n) is 7.29. The van der Waals surface area contributed by atoms with E-state index in [4.69, 9.17) is 18.9 Å². The zero-order valence-corrected chi connectivity index (χ0v) is 34.4. The predicted octanol–water partition coefficient (Wildman–Crippen LogP) is 3.65. The highest BCUT2D eigenvalue weighted by Gasteiger charge is 2.51. The summed E-state index contributed by atoms with van der Waals surface area (Å²) in [6.07, 6.45) is 10.9. The van der Waals surface area contributed by atoms with Gasteiger partial charge in [-0.05, 0) is 38.5 Å². The number of carbonyl (C=O) groups excluding carboxylic acids is 1. The van der Waals surface area contributed by atoms with Gasteiger partial charge in [0.1, 0.15) is 48.8 Å². The summed E-state index contributed by atoms with van der Waals surface area (Å²) >= 11 is 0. The Balaban J connectivity index is 1.90. The molecule has 2 heterocycles. The summed E-state index contributed by atoms with van der Waals surface area (Å²) < 4.78 is 22.6. The molecule has 330 valence electrons. The largest absolute Gasteiger partial charge is 0.394 e. The maximum absolute atomic E-state index is 13.1. The summed E-state index contributed by atoms with van der Waals surface area (Å²) in [6.45, 7) is 2.77. The molecule has 56 heavy (non-hydrogen) atoms. The second kappa shape index (κ2) is 30.7. The Morgan fingerprint density at radius 1 is 0.625 bits per heavy atom. The van der Waals surface area contributed by atoms with Gasteiger partial charge in [-0.3, -0.25) is 4.79 Å². The Hall–Kier alpha value is -1.27. The van der Waals surface area contributed by atoms with E-state index in [2.05, 4.69) is 31.3 Å². The summed E-state index contributed by atoms with van der Waals surface area (Å²) in [4.78, 5) is 13.1. The van der Waals surface area contributed by atoms with Crippen LogP contribution in [0.5, 0.6) is 0 Å². The van der Waals surface area contributed by atoms with Crippen molar-refractivity contribution in [3.8, 4) is 0 Å². The highest BCUT2D eigenvalue weighted by atomic mass is 16.7. The minimum Gasteiger partial charge on any atom is -0.394 e. The highest BCUT2D eigenvalue weighted by molar-refractivity contribution is 5.76. The zero-order chi connectivity index (χ0) is 41.1. The van der Waals surface area contributed by atoms with Crippen LogP contribution in [0, 0.1) is 0 Å². The number of aliphatic hydroxyl groups excluding tert-OH is 8. The van der Waals surface area contributed by atoms with E-state index >= 15 is 0 Å². The third-order valence-electron chi connectivity index (χ3n) is 11.0. The van der Waals surface area contributed by atoms with Crippen molar-refractivity contribution in [2.45, 2.75) is 229 Å². The van der Waals surface area contributed by atoms with Gasteiger partial charge in [-0.1, -0.05) is 122 Å². The molecule has 14 nitrogen and oxygen atoms in total. The Bertz CT molecular complexity index is 1000. The molecule has 1 amide bonds. The molecule has 2 aliphatic heterocycles. The van der Waals surface area contributed by atoms with E-state index in [-0.39, 0.29) is 12.5 Å². The number of aliphatic hydroxyl groups is 8.